The smallest absolute Gasteiger partial charge is 0.257 e. The van der Waals surface area contributed by atoms with E-state index in [4.69, 9.17) is 9.15 Å². The third kappa shape index (κ3) is 4.84. The number of nitrogens with zero attached hydrogens (tertiary/aromatic N) is 2. The van der Waals surface area contributed by atoms with Crippen LogP contribution in [0, 0.1) is 6.92 Å². The molecule has 1 amide bonds. The molecule has 1 saturated heterocycles. The fraction of sp³-hybridized carbons (Fsp3) is 0.421. The number of hydrogen-bond donors (Lipinski definition) is 1. The van der Waals surface area contributed by atoms with Gasteiger partial charge in [0.25, 0.3) is 5.91 Å². The molecule has 1 aromatic carbocycles. The van der Waals surface area contributed by atoms with Crippen molar-refractivity contribution in [2.45, 2.75) is 13.0 Å². The second-order valence-electron chi connectivity index (χ2n) is 6.38. The van der Waals surface area contributed by atoms with Gasteiger partial charge in [0.1, 0.15) is 24.7 Å². The van der Waals surface area contributed by atoms with Crippen LogP contribution in [0.1, 0.15) is 15.9 Å². The Bertz CT molecular complexity index is 661. The molecule has 6 nitrogen and oxygen atoms in total. The van der Waals surface area contributed by atoms with Crippen LogP contribution in [0.15, 0.2) is 47.3 Å². The summed E-state index contributed by atoms with van der Waals surface area (Å²) >= 11 is 0. The Labute approximate surface area is 147 Å². The number of β-amino-alcohol motifs (C(OH)–C–C–N with tert-alkyl or cyclic N) is 1. The second-order valence-corrected chi connectivity index (χ2v) is 6.38. The van der Waals surface area contributed by atoms with Gasteiger partial charge in [-0.1, -0.05) is 17.7 Å². The zero-order chi connectivity index (χ0) is 17.6. The van der Waals surface area contributed by atoms with E-state index in [2.05, 4.69) is 4.90 Å². The maximum atomic E-state index is 12.3. The molecule has 1 atom stereocenters. The number of aryl methyl sites for hydroxylation is 1. The van der Waals surface area contributed by atoms with Gasteiger partial charge < -0.3 is 19.2 Å². The number of ether oxygens (including phenoxy) is 1. The average Bonchev–Trinajstić information content (AvgIpc) is 3.16. The molecule has 1 N–H and O–H groups in total. The molecule has 0 saturated carbocycles. The summed E-state index contributed by atoms with van der Waals surface area (Å²) in [5.41, 5.74) is 1.76. The van der Waals surface area contributed by atoms with E-state index in [0.29, 0.717) is 25.2 Å². The third-order valence-electron chi connectivity index (χ3n) is 4.36. The van der Waals surface area contributed by atoms with Crippen molar-refractivity contribution in [2.24, 2.45) is 0 Å². The van der Waals surface area contributed by atoms with E-state index < -0.39 is 6.10 Å². The Morgan fingerprint density at radius 3 is 2.56 bits per heavy atom. The molecule has 0 bridgehead atoms. The first-order chi connectivity index (χ1) is 12.1. The molecule has 25 heavy (non-hydrogen) atoms. The lowest BCUT2D eigenvalue weighted by atomic mass is 10.2. The van der Waals surface area contributed by atoms with Gasteiger partial charge in [0.2, 0.25) is 0 Å². The van der Waals surface area contributed by atoms with E-state index in [9.17, 15) is 9.90 Å². The highest BCUT2D eigenvalue weighted by Gasteiger charge is 2.24. The number of hydrogen-bond acceptors (Lipinski definition) is 5. The molecule has 1 unspecified atom stereocenters. The summed E-state index contributed by atoms with van der Waals surface area (Å²) in [6, 6.07) is 9.46. The third-order valence-corrected chi connectivity index (χ3v) is 4.36. The Hall–Kier alpha value is -2.31. The van der Waals surface area contributed by atoms with E-state index in [1.807, 2.05) is 36.1 Å². The molecule has 1 fully saturated rings. The summed E-state index contributed by atoms with van der Waals surface area (Å²) < 4.78 is 10.6. The minimum Gasteiger partial charge on any atom is -0.491 e. The van der Waals surface area contributed by atoms with Crippen molar-refractivity contribution in [3.63, 3.8) is 0 Å². The van der Waals surface area contributed by atoms with Crippen LogP contribution in [0.25, 0.3) is 0 Å². The highest BCUT2D eigenvalue weighted by molar-refractivity contribution is 5.93. The first-order valence-corrected chi connectivity index (χ1v) is 8.53. The summed E-state index contributed by atoms with van der Waals surface area (Å²) in [5.74, 6) is 0.761. The fourth-order valence-corrected chi connectivity index (χ4v) is 2.88. The van der Waals surface area contributed by atoms with Crippen LogP contribution in [0.2, 0.25) is 0 Å². The van der Waals surface area contributed by atoms with Gasteiger partial charge in [0, 0.05) is 32.7 Å². The Balaban J connectivity index is 1.39. The summed E-state index contributed by atoms with van der Waals surface area (Å²) in [4.78, 5) is 16.2. The highest BCUT2D eigenvalue weighted by Crippen LogP contribution is 2.13. The van der Waals surface area contributed by atoms with Gasteiger partial charge >= 0.3 is 0 Å². The molecule has 1 aliphatic heterocycles. The van der Waals surface area contributed by atoms with Crippen molar-refractivity contribution in [3.8, 4) is 5.75 Å². The molecule has 0 aliphatic carbocycles. The standard InChI is InChI=1S/C19H24N2O4/c1-15-2-4-18(5-3-15)25-14-17(22)12-20-7-9-21(10-8-20)19(23)16-6-11-24-13-16/h2-6,11,13,17,22H,7-10,12,14H2,1H3. The summed E-state index contributed by atoms with van der Waals surface area (Å²) in [5, 5.41) is 10.2. The van der Waals surface area contributed by atoms with Gasteiger partial charge in [-0.15, -0.1) is 0 Å². The van der Waals surface area contributed by atoms with Crippen LogP contribution >= 0.6 is 0 Å². The maximum absolute atomic E-state index is 12.3. The first-order valence-electron chi connectivity index (χ1n) is 8.53. The monoisotopic (exact) mass is 344 g/mol. The zero-order valence-corrected chi connectivity index (χ0v) is 14.4. The number of piperazine rings is 1. The number of benzene rings is 1. The normalized spacial score (nSPS) is 16.6. The van der Waals surface area contributed by atoms with E-state index in [1.165, 1.54) is 18.1 Å². The molecule has 134 valence electrons. The molecule has 3 rings (SSSR count). The summed E-state index contributed by atoms with van der Waals surface area (Å²) in [6.45, 7) is 5.61. The van der Waals surface area contributed by atoms with Crippen LogP contribution in [-0.4, -0.2) is 66.2 Å². The number of furan rings is 1. The lowest BCUT2D eigenvalue weighted by Gasteiger charge is -2.35. The van der Waals surface area contributed by atoms with Crippen LogP contribution in [0.5, 0.6) is 5.75 Å². The van der Waals surface area contributed by atoms with E-state index in [0.717, 1.165) is 18.8 Å². The molecular formula is C19H24N2O4. The minimum atomic E-state index is -0.558. The Morgan fingerprint density at radius 1 is 1.20 bits per heavy atom. The van der Waals surface area contributed by atoms with Crippen LogP contribution in [-0.2, 0) is 0 Å². The van der Waals surface area contributed by atoms with Crippen molar-refractivity contribution in [1.82, 2.24) is 9.80 Å². The van der Waals surface area contributed by atoms with Crippen molar-refractivity contribution < 1.29 is 19.1 Å². The number of rotatable bonds is 6. The zero-order valence-electron chi connectivity index (χ0n) is 14.4. The molecule has 1 aliphatic rings. The quantitative estimate of drug-likeness (QED) is 0.865. The molecular weight excluding hydrogens is 320 g/mol. The van der Waals surface area contributed by atoms with Crippen LogP contribution in [0.3, 0.4) is 0 Å². The number of aliphatic hydroxyl groups is 1. The Morgan fingerprint density at radius 2 is 1.92 bits per heavy atom. The second kappa shape index (κ2) is 8.18. The Kier molecular flexibility index (Phi) is 5.73. The number of aliphatic hydroxyl groups excluding tert-OH is 1. The van der Waals surface area contributed by atoms with Crippen molar-refractivity contribution >= 4 is 5.91 Å². The number of amides is 1. The van der Waals surface area contributed by atoms with Gasteiger partial charge in [-0.3, -0.25) is 9.69 Å². The van der Waals surface area contributed by atoms with Crippen molar-refractivity contribution in [3.05, 3.63) is 54.0 Å². The van der Waals surface area contributed by atoms with Gasteiger partial charge in [-0.05, 0) is 25.1 Å². The minimum absolute atomic E-state index is 0.00310. The van der Waals surface area contributed by atoms with Gasteiger partial charge in [-0.2, -0.15) is 0 Å². The predicted octanol–water partition coefficient (Wildman–Crippen LogP) is 1.79. The largest absolute Gasteiger partial charge is 0.491 e. The van der Waals surface area contributed by atoms with E-state index in [1.54, 1.807) is 6.07 Å². The highest BCUT2D eigenvalue weighted by atomic mass is 16.5. The lowest BCUT2D eigenvalue weighted by Crippen LogP contribution is -2.50. The van der Waals surface area contributed by atoms with Crippen molar-refractivity contribution in [1.29, 1.82) is 0 Å². The topological polar surface area (TPSA) is 66.2 Å². The fourth-order valence-electron chi connectivity index (χ4n) is 2.88. The van der Waals surface area contributed by atoms with Crippen molar-refractivity contribution in [2.75, 3.05) is 39.3 Å². The molecule has 0 radical (unpaired) electrons. The van der Waals surface area contributed by atoms with Crippen LogP contribution in [0.4, 0.5) is 0 Å². The SMILES string of the molecule is Cc1ccc(OCC(O)CN2CCN(C(=O)c3ccoc3)CC2)cc1. The number of carbonyl (C=O) groups excluding carboxylic acids is 1. The first kappa shape index (κ1) is 17.5. The summed E-state index contributed by atoms with van der Waals surface area (Å²) in [7, 11) is 0. The molecule has 1 aromatic heterocycles. The molecule has 6 heteroatoms. The lowest BCUT2D eigenvalue weighted by molar-refractivity contribution is 0.0403. The molecule has 2 aromatic rings. The van der Waals surface area contributed by atoms with Gasteiger partial charge in [-0.25, -0.2) is 0 Å². The predicted molar refractivity (Wildman–Crippen MR) is 93.7 cm³/mol. The molecule has 2 heterocycles. The van der Waals surface area contributed by atoms with Crippen LogP contribution < -0.4 is 4.74 Å². The maximum Gasteiger partial charge on any atom is 0.257 e. The molecule has 0 spiro atoms. The van der Waals surface area contributed by atoms with Gasteiger partial charge in [0.05, 0.1) is 11.8 Å². The van der Waals surface area contributed by atoms with Gasteiger partial charge in [0.15, 0.2) is 0 Å². The van der Waals surface area contributed by atoms with E-state index >= 15 is 0 Å². The van der Waals surface area contributed by atoms with E-state index in [-0.39, 0.29) is 12.5 Å². The number of carbonyl (C=O) groups is 1. The summed E-state index contributed by atoms with van der Waals surface area (Å²) in [6.07, 6.45) is 2.42. The average molecular weight is 344 g/mol.